The fraction of sp³-hybridized carbons (Fsp3) is 0.357. The lowest BCUT2D eigenvalue weighted by molar-refractivity contribution is -0.384. The molecule has 1 aromatic carbocycles. The molecule has 116 valence electrons. The minimum atomic E-state index is -0.616. The summed E-state index contributed by atoms with van der Waals surface area (Å²) in [7, 11) is 0. The first-order valence-electron chi connectivity index (χ1n) is 6.65. The van der Waals surface area contributed by atoms with Crippen molar-refractivity contribution in [1.82, 2.24) is 0 Å². The van der Waals surface area contributed by atoms with Gasteiger partial charge in [-0.25, -0.2) is 4.90 Å². The molecule has 0 spiro atoms. The zero-order chi connectivity index (χ0) is 16.6. The van der Waals surface area contributed by atoms with Gasteiger partial charge in [0.15, 0.2) is 0 Å². The van der Waals surface area contributed by atoms with Gasteiger partial charge in [0, 0.05) is 38.4 Å². The summed E-state index contributed by atoms with van der Waals surface area (Å²) in [5.41, 5.74) is 0.119. The molecule has 3 amide bonds. The topological polar surface area (TPSA) is 101 Å². The number of non-ortho nitro benzene ring substituents is 1. The molecule has 2 rings (SSSR count). The molecule has 0 N–H and O–H groups in total. The lowest BCUT2D eigenvalue weighted by Gasteiger charge is -2.26. The molecule has 8 heteroatoms. The largest absolute Gasteiger partial charge is 0.307 e. The molecule has 1 atom stereocenters. The van der Waals surface area contributed by atoms with Gasteiger partial charge in [-0.15, -0.1) is 0 Å². The molecule has 0 saturated carbocycles. The van der Waals surface area contributed by atoms with Gasteiger partial charge in [0.1, 0.15) is 0 Å². The third kappa shape index (κ3) is 2.54. The van der Waals surface area contributed by atoms with Crippen LogP contribution in [-0.4, -0.2) is 28.7 Å². The van der Waals surface area contributed by atoms with E-state index in [1.807, 2.05) is 0 Å². The van der Waals surface area contributed by atoms with Gasteiger partial charge in [-0.05, 0) is 13.0 Å². The van der Waals surface area contributed by atoms with Crippen molar-refractivity contribution in [2.45, 2.75) is 33.2 Å². The van der Waals surface area contributed by atoms with E-state index in [2.05, 4.69) is 0 Å². The predicted molar refractivity (Wildman–Crippen MR) is 78.5 cm³/mol. The van der Waals surface area contributed by atoms with Crippen LogP contribution in [0.3, 0.4) is 0 Å². The SMILES string of the molecule is CC(=O)N1C(=O)C[C@H](C)N(C(C)=O)c2ccc([N+](=O)[O-])cc21. The second-order valence-corrected chi connectivity index (χ2v) is 5.12. The number of amides is 3. The Bertz CT molecular complexity index is 685. The van der Waals surface area contributed by atoms with E-state index < -0.39 is 22.8 Å². The molecule has 1 heterocycles. The van der Waals surface area contributed by atoms with E-state index >= 15 is 0 Å². The number of fused-ring (bicyclic) bond motifs is 1. The number of nitro benzene ring substituents is 1. The zero-order valence-corrected chi connectivity index (χ0v) is 12.4. The Labute approximate surface area is 126 Å². The summed E-state index contributed by atoms with van der Waals surface area (Å²) in [6.07, 6.45) is -0.0400. The standard InChI is InChI=1S/C14H15N3O5/c1-8-6-14(20)16(10(3)19)13-7-11(17(21)22)4-5-12(13)15(8)9(2)18/h4-5,7-8H,6H2,1-3H3/t8-/m0/s1. The fourth-order valence-electron chi connectivity index (χ4n) is 2.64. The van der Waals surface area contributed by atoms with Crippen molar-refractivity contribution in [3.63, 3.8) is 0 Å². The Morgan fingerprint density at radius 3 is 2.36 bits per heavy atom. The highest BCUT2D eigenvalue weighted by atomic mass is 16.6. The van der Waals surface area contributed by atoms with E-state index in [0.29, 0.717) is 5.69 Å². The third-order valence-corrected chi connectivity index (χ3v) is 3.48. The van der Waals surface area contributed by atoms with Crippen LogP contribution >= 0.6 is 0 Å². The Hall–Kier alpha value is -2.77. The van der Waals surface area contributed by atoms with E-state index in [4.69, 9.17) is 0 Å². The molecule has 1 aliphatic heterocycles. The zero-order valence-electron chi connectivity index (χ0n) is 12.4. The maximum atomic E-state index is 12.3. The molecule has 1 aliphatic rings. The van der Waals surface area contributed by atoms with E-state index in [-0.39, 0.29) is 23.7 Å². The Balaban J connectivity index is 2.75. The van der Waals surface area contributed by atoms with Crippen LogP contribution in [0.2, 0.25) is 0 Å². The highest BCUT2D eigenvalue weighted by Gasteiger charge is 2.35. The summed E-state index contributed by atoms with van der Waals surface area (Å²) in [6, 6.07) is 3.33. The number of rotatable bonds is 1. The minimum absolute atomic E-state index is 0.0400. The van der Waals surface area contributed by atoms with Crippen molar-refractivity contribution < 1.29 is 19.3 Å². The average molecular weight is 305 g/mol. The second-order valence-electron chi connectivity index (χ2n) is 5.12. The van der Waals surface area contributed by atoms with Crippen molar-refractivity contribution in [3.8, 4) is 0 Å². The van der Waals surface area contributed by atoms with Crippen LogP contribution in [-0.2, 0) is 14.4 Å². The van der Waals surface area contributed by atoms with E-state index in [1.54, 1.807) is 6.92 Å². The smallest absolute Gasteiger partial charge is 0.271 e. The van der Waals surface area contributed by atoms with Gasteiger partial charge in [-0.1, -0.05) is 0 Å². The number of nitro groups is 1. The van der Waals surface area contributed by atoms with Crippen molar-refractivity contribution >= 4 is 34.8 Å². The van der Waals surface area contributed by atoms with Gasteiger partial charge in [-0.2, -0.15) is 0 Å². The second kappa shape index (κ2) is 5.55. The monoisotopic (exact) mass is 305 g/mol. The molecule has 0 aliphatic carbocycles. The fourth-order valence-corrected chi connectivity index (χ4v) is 2.64. The van der Waals surface area contributed by atoms with Crippen LogP contribution in [0.4, 0.5) is 17.1 Å². The molecule has 8 nitrogen and oxygen atoms in total. The Morgan fingerprint density at radius 1 is 1.23 bits per heavy atom. The van der Waals surface area contributed by atoms with Crippen LogP contribution in [0.15, 0.2) is 18.2 Å². The quantitative estimate of drug-likeness (QED) is 0.579. The number of carbonyl (C=O) groups excluding carboxylic acids is 3. The van der Waals surface area contributed by atoms with Gasteiger partial charge in [-0.3, -0.25) is 24.5 Å². The molecule has 0 saturated heterocycles. The van der Waals surface area contributed by atoms with Crippen LogP contribution in [0.5, 0.6) is 0 Å². The highest BCUT2D eigenvalue weighted by molar-refractivity contribution is 6.18. The average Bonchev–Trinajstić information content (AvgIpc) is 2.49. The first-order chi connectivity index (χ1) is 10.2. The molecule has 0 radical (unpaired) electrons. The van der Waals surface area contributed by atoms with Crippen molar-refractivity contribution in [3.05, 3.63) is 28.3 Å². The van der Waals surface area contributed by atoms with E-state index in [0.717, 1.165) is 11.0 Å². The van der Waals surface area contributed by atoms with Crippen molar-refractivity contribution in [2.24, 2.45) is 0 Å². The third-order valence-electron chi connectivity index (χ3n) is 3.48. The lowest BCUT2D eigenvalue weighted by Crippen LogP contribution is -2.38. The van der Waals surface area contributed by atoms with Gasteiger partial charge in [0.25, 0.3) is 5.69 Å². The number of benzene rings is 1. The van der Waals surface area contributed by atoms with Crippen LogP contribution in [0.25, 0.3) is 0 Å². The molecule has 0 fully saturated rings. The molecule has 1 aromatic rings. The number of anilines is 2. The molecule has 0 unspecified atom stereocenters. The number of nitrogens with zero attached hydrogens (tertiary/aromatic N) is 3. The summed E-state index contributed by atoms with van der Waals surface area (Å²) in [4.78, 5) is 48.6. The Morgan fingerprint density at radius 2 is 1.86 bits per heavy atom. The molecular formula is C14H15N3O5. The minimum Gasteiger partial charge on any atom is -0.307 e. The van der Waals surface area contributed by atoms with Gasteiger partial charge in [0.05, 0.1) is 16.3 Å². The maximum Gasteiger partial charge on any atom is 0.271 e. The van der Waals surface area contributed by atoms with Gasteiger partial charge >= 0.3 is 0 Å². The summed E-state index contributed by atoms with van der Waals surface area (Å²) in [5, 5.41) is 10.9. The summed E-state index contributed by atoms with van der Waals surface area (Å²) < 4.78 is 0. The van der Waals surface area contributed by atoms with Crippen LogP contribution in [0, 0.1) is 10.1 Å². The summed E-state index contributed by atoms with van der Waals surface area (Å²) >= 11 is 0. The number of hydrogen-bond acceptors (Lipinski definition) is 5. The maximum absolute atomic E-state index is 12.3. The van der Waals surface area contributed by atoms with E-state index in [9.17, 15) is 24.5 Å². The van der Waals surface area contributed by atoms with Gasteiger partial charge in [0.2, 0.25) is 17.7 Å². The number of hydrogen-bond donors (Lipinski definition) is 0. The molecule has 0 bridgehead atoms. The molecule has 0 aromatic heterocycles. The number of imide groups is 1. The predicted octanol–water partition coefficient (Wildman–Crippen LogP) is 1.62. The van der Waals surface area contributed by atoms with Crippen molar-refractivity contribution in [2.75, 3.05) is 9.80 Å². The van der Waals surface area contributed by atoms with E-state index in [1.165, 1.54) is 30.9 Å². The Kier molecular flexibility index (Phi) is 3.94. The molecular weight excluding hydrogens is 290 g/mol. The first-order valence-corrected chi connectivity index (χ1v) is 6.65. The van der Waals surface area contributed by atoms with Crippen molar-refractivity contribution in [1.29, 1.82) is 0 Å². The summed E-state index contributed by atoms with van der Waals surface area (Å²) in [6.45, 7) is 4.23. The first kappa shape index (κ1) is 15.6. The van der Waals surface area contributed by atoms with Crippen LogP contribution < -0.4 is 9.80 Å². The highest BCUT2D eigenvalue weighted by Crippen LogP contribution is 2.37. The molecule has 22 heavy (non-hydrogen) atoms. The number of carbonyl (C=O) groups is 3. The normalized spacial score (nSPS) is 17.8. The van der Waals surface area contributed by atoms with Gasteiger partial charge < -0.3 is 4.90 Å². The lowest BCUT2D eigenvalue weighted by atomic mass is 10.1. The van der Waals surface area contributed by atoms with Crippen LogP contribution in [0.1, 0.15) is 27.2 Å². The summed E-state index contributed by atoms with van der Waals surface area (Å²) in [5.74, 6) is -1.35.